The standard InChI is InChI=1S/C13H16ClNO2/c1-13(2)9-15(5-6-17-13)12-4-3-10(8-16)7-11(12)14/h3-4,7-8H,5-6,9H2,1-2H3. The van der Waals surface area contributed by atoms with Crippen LogP contribution in [0, 0.1) is 0 Å². The molecule has 17 heavy (non-hydrogen) atoms. The molecule has 0 N–H and O–H groups in total. The predicted octanol–water partition coefficient (Wildman–Crippen LogP) is 2.77. The molecule has 0 aliphatic carbocycles. The fraction of sp³-hybridized carbons (Fsp3) is 0.462. The van der Waals surface area contributed by atoms with Crippen molar-refractivity contribution in [3.05, 3.63) is 28.8 Å². The first-order valence-electron chi connectivity index (χ1n) is 5.65. The van der Waals surface area contributed by atoms with E-state index in [0.717, 1.165) is 25.1 Å². The number of nitrogens with zero attached hydrogens (tertiary/aromatic N) is 1. The molecular weight excluding hydrogens is 238 g/mol. The van der Waals surface area contributed by atoms with E-state index in [2.05, 4.69) is 18.7 Å². The van der Waals surface area contributed by atoms with Gasteiger partial charge in [-0.25, -0.2) is 0 Å². The van der Waals surface area contributed by atoms with Crippen LogP contribution >= 0.6 is 11.6 Å². The summed E-state index contributed by atoms with van der Waals surface area (Å²) in [5.41, 5.74) is 1.41. The second kappa shape index (κ2) is 4.67. The molecular formula is C13H16ClNO2. The fourth-order valence-corrected chi connectivity index (χ4v) is 2.38. The molecule has 92 valence electrons. The summed E-state index contributed by atoms with van der Waals surface area (Å²) in [6, 6.07) is 5.39. The topological polar surface area (TPSA) is 29.5 Å². The number of halogens is 1. The quantitative estimate of drug-likeness (QED) is 0.759. The molecule has 1 heterocycles. The first kappa shape index (κ1) is 12.4. The monoisotopic (exact) mass is 253 g/mol. The van der Waals surface area contributed by atoms with Crippen LogP contribution < -0.4 is 4.90 Å². The minimum atomic E-state index is -0.162. The van der Waals surface area contributed by atoms with Crippen LogP contribution in [0.2, 0.25) is 5.02 Å². The van der Waals surface area contributed by atoms with Crippen LogP contribution in [0.3, 0.4) is 0 Å². The zero-order valence-corrected chi connectivity index (χ0v) is 10.8. The van der Waals surface area contributed by atoms with E-state index >= 15 is 0 Å². The number of aldehydes is 1. The maximum Gasteiger partial charge on any atom is 0.150 e. The third-order valence-electron chi connectivity index (χ3n) is 2.87. The van der Waals surface area contributed by atoms with E-state index in [1.54, 1.807) is 12.1 Å². The van der Waals surface area contributed by atoms with E-state index in [-0.39, 0.29) is 5.60 Å². The van der Waals surface area contributed by atoms with Crippen LogP contribution in [0.4, 0.5) is 5.69 Å². The molecule has 2 rings (SSSR count). The van der Waals surface area contributed by atoms with E-state index in [9.17, 15) is 4.79 Å². The lowest BCUT2D eigenvalue weighted by Crippen LogP contribution is -2.48. The molecule has 1 fully saturated rings. The lowest BCUT2D eigenvalue weighted by Gasteiger charge is -2.39. The SMILES string of the molecule is CC1(C)CN(c2ccc(C=O)cc2Cl)CCO1. The highest BCUT2D eigenvalue weighted by Gasteiger charge is 2.28. The summed E-state index contributed by atoms with van der Waals surface area (Å²) in [5, 5.41) is 0.618. The molecule has 4 heteroatoms. The number of rotatable bonds is 2. The average molecular weight is 254 g/mol. The Bertz CT molecular complexity index is 431. The molecule has 0 aromatic heterocycles. The second-order valence-corrected chi connectivity index (χ2v) is 5.27. The number of hydrogen-bond donors (Lipinski definition) is 0. The van der Waals surface area contributed by atoms with Gasteiger partial charge in [-0.15, -0.1) is 0 Å². The second-order valence-electron chi connectivity index (χ2n) is 4.86. The van der Waals surface area contributed by atoms with Crippen molar-refractivity contribution in [3.8, 4) is 0 Å². The first-order valence-corrected chi connectivity index (χ1v) is 6.03. The Labute approximate surface area is 106 Å². The van der Waals surface area contributed by atoms with Crippen molar-refractivity contribution in [1.29, 1.82) is 0 Å². The highest BCUT2D eigenvalue weighted by atomic mass is 35.5. The number of benzene rings is 1. The minimum absolute atomic E-state index is 0.162. The van der Waals surface area contributed by atoms with Gasteiger partial charge in [0.15, 0.2) is 0 Å². The number of hydrogen-bond acceptors (Lipinski definition) is 3. The van der Waals surface area contributed by atoms with E-state index in [0.29, 0.717) is 17.2 Å². The van der Waals surface area contributed by atoms with Gasteiger partial charge in [-0.1, -0.05) is 11.6 Å². The molecule has 0 bridgehead atoms. The van der Waals surface area contributed by atoms with Crippen LogP contribution in [0.5, 0.6) is 0 Å². The van der Waals surface area contributed by atoms with Gasteiger partial charge >= 0.3 is 0 Å². The van der Waals surface area contributed by atoms with Crippen LogP contribution in [-0.4, -0.2) is 31.6 Å². The Morgan fingerprint density at radius 2 is 2.24 bits per heavy atom. The zero-order chi connectivity index (χ0) is 12.5. The number of anilines is 1. The largest absolute Gasteiger partial charge is 0.372 e. The summed E-state index contributed by atoms with van der Waals surface area (Å²) in [7, 11) is 0. The molecule has 1 aliphatic heterocycles. The van der Waals surface area contributed by atoms with E-state index in [4.69, 9.17) is 16.3 Å². The lowest BCUT2D eigenvalue weighted by atomic mass is 10.1. The summed E-state index contributed by atoms with van der Waals surface area (Å²) in [6.07, 6.45) is 0.804. The molecule has 1 aromatic carbocycles. The highest BCUT2D eigenvalue weighted by molar-refractivity contribution is 6.33. The Morgan fingerprint density at radius 1 is 1.47 bits per heavy atom. The lowest BCUT2D eigenvalue weighted by molar-refractivity contribution is -0.0276. The predicted molar refractivity (Wildman–Crippen MR) is 69.1 cm³/mol. The van der Waals surface area contributed by atoms with Crippen molar-refractivity contribution in [2.45, 2.75) is 19.4 Å². The van der Waals surface area contributed by atoms with Crippen molar-refractivity contribution in [2.24, 2.45) is 0 Å². The number of carbonyl (C=O) groups is 1. The molecule has 1 saturated heterocycles. The summed E-state index contributed by atoms with van der Waals surface area (Å²) in [4.78, 5) is 12.9. The highest BCUT2D eigenvalue weighted by Crippen LogP contribution is 2.30. The fourth-order valence-electron chi connectivity index (χ4n) is 2.08. The first-order chi connectivity index (χ1) is 8.02. The van der Waals surface area contributed by atoms with Crippen molar-refractivity contribution in [1.82, 2.24) is 0 Å². The Morgan fingerprint density at radius 3 is 2.82 bits per heavy atom. The van der Waals surface area contributed by atoms with Gasteiger partial charge in [0.25, 0.3) is 0 Å². The smallest absolute Gasteiger partial charge is 0.150 e. The van der Waals surface area contributed by atoms with Gasteiger partial charge in [-0.05, 0) is 32.0 Å². The van der Waals surface area contributed by atoms with Crippen LogP contribution in [0.25, 0.3) is 0 Å². The molecule has 0 unspecified atom stereocenters. The van der Waals surface area contributed by atoms with Gasteiger partial charge in [0, 0.05) is 18.7 Å². The number of carbonyl (C=O) groups excluding carboxylic acids is 1. The molecule has 3 nitrogen and oxygen atoms in total. The summed E-state index contributed by atoms with van der Waals surface area (Å²) in [6.45, 7) is 6.44. The zero-order valence-electron chi connectivity index (χ0n) is 10.1. The maximum atomic E-state index is 10.7. The van der Waals surface area contributed by atoms with Gasteiger partial charge in [0.2, 0.25) is 0 Å². The van der Waals surface area contributed by atoms with Crippen LogP contribution in [0.15, 0.2) is 18.2 Å². The molecule has 0 amide bonds. The summed E-state index contributed by atoms with van der Waals surface area (Å²) in [5.74, 6) is 0. The Balaban J connectivity index is 2.25. The van der Waals surface area contributed by atoms with Crippen molar-refractivity contribution in [3.63, 3.8) is 0 Å². The molecule has 1 aromatic rings. The molecule has 0 saturated carbocycles. The van der Waals surface area contributed by atoms with Gasteiger partial charge in [-0.2, -0.15) is 0 Å². The van der Waals surface area contributed by atoms with Gasteiger partial charge in [0.05, 0.1) is 22.9 Å². The van der Waals surface area contributed by atoms with E-state index in [1.807, 2.05) is 6.07 Å². The average Bonchev–Trinajstić information content (AvgIpc) is 2.27. The molecule has 0 atom stereocenters. The summed E-state index contributed by atoms with van der Waals surface area (Å²) >= 11 is 6.19. The molecule has 0 spiro atoms. The van der Waals surface area contributed by atoms with Gasteiger partial charge < -0.3 is 9.64 Å². The van der Waals surface area contributed by atoms with Crippen LogP contribution in [0.1, 0.15) is 24.2 Å². The third-order valence-corrected chi connectivity index (χ3v) is 3.18. The van der Waals surface area contributed by atoms with E-state index in [1.165, 1.54) is 0 Å². The molecule has 1 aliphatic rings. The van der Waals surface area contributed by atoms with Crippen molar-refractivity contribution in [2.75, 3.05) is 24.6 Å². The number of morpholine rings is 1. The third kappa shape index (κ3) is 2.79. The summed E-state index contributed by atoms with van der Waals surface area (Å²) < 4.78 is 5.66. The normalized spacial score (nSPS) is 19.1. The molecule has 0 radical (unpaired) electrons. The van der Waals surface area contributed by atoms with Gasteiger partial charge in [0.1, 0.15) is 6.29 Å². The number of ether oxygens (including phenoxy) is 1. The van der Waals surface area contributed by atoms with Crippen molar-refractivity contribution >= 4 is 23.6 Å². The van der Waals surface area contributed by atoms with Crippen molar-refractivity contribution < 1.29 is 9.53 Å². The Kier molecular flexibility index (Phi) is 3.40. The Hall–Kier alpha value is -1.06. The van der Waals surface area contributed by atoms with Gasteiger partial charge in [-0.3, -0.25) is 4.79 Å². The maximum absolute atomic E-state index is 10.7. The van der Waals surface area contributed by atoms with E-state index < -0.39 is 0 Å². The van der Waals surface area contributed by atoms with Crippen LogP contribution in [-0.2, 0) is 4.74 Å². The minimum Gasteiger partial charge on any atom is -0.372 e.